The summed E-state index contributed by atoms with van der Waals surface area (Å²) in [4.78, 5) is 9.10. The number of fused-ring (bicyclic) bond motifs is 1. The van der Waals surface area contributed by atoms with Crippen molar-refractivity contribution in [2.75, 3.05) is 0 Å². The second-order valence-corrected chi connectivity index (χ2v) is 5.83. The Labute approximate surface area is 92.5 Å². The molecule has 0 bridgehead atoms. The fourth-order valence-corrected chi connectivity index (χ4v) is 2.69. The van der Waals surface area contributed by atoms with Gasteiger partial charge in [-0.25, -0.2) is 14.2 Å². The number of hydrogen-bond acceptors (Lipinski definition) is 5. The van der Waals surface area contributed by atoms with Crippen molar-refractivity contribution in [2.24, 2.45) is 10.1 Å². The summed E-state index contributed by atoms with van der Waals surface area (Å²) in [6.07, 6.45) is 1.64. The number of nitrogens with two attached hydrogens (primary N) is 1. The fourth-order valence-electron chi connectivity index (χ4n) is 1.01. The lowest BCUT2D eigenvalue weighted by molar-refractivity contribution is 0.688. The van der Waals surface area contributed by atoms with E-state index in [1.165, 1.54) is 17.3 Å². The van der Waals surface area contributed by atoms with Crippen molar-refractivity contribution < 1.29 is 4.21 Å². The molecule has 3 N–H and O–H groups in total. The summed E-state index contributed by atoms with van der Waals surface area (Å²) in [5, 5.41) is 7.29. The van der Waals surface area contributed by atoms with Crippen LogP contribution in [0.15, 0.2) is 28.2 Å². The third kappa shape index (κ3) is 1.99. The lowest BCUT2D eigenvalue weighted by Gasteiger charge is -2.16. The quantitative estimate of drug-likeness (QED) is 0.517. The van der Waals surface area contributed by atoms with E-state index >= 15 is 0 Å². The highest BCUT2D eigenvalue weighted by Crippen LogP contribution is 2.28. The van der Waals surface area contributed by atoms with Crippen LogP contribution in [0.2, 0.25) is 0 Å². The van der Waals surface area contributed by atoms with Gasteiger partial charge in [-0.1, -0.05) is 0 Å². The molecule has 2 rings (SSSR count). The minimum atomic E-state index is -2.66. The van der Waals surface area contributed by atoms with E-state index in [4.69, 9.17) is 5.14 Å². The van der Waals surface area contributed by atoms with E-state index in [9.17, 15) is 4.21 Å². The highest BCUT2D eigenvalue weighted by atomic mass is 32.2. The van der Waals surface area contributed by atoms with E-state index in [-0.39, 0.29) is 5.17 Å². The Morgan fingerprint density at radius 1 is 1.67 bits per heavy atom. The first kappa shape index (κ1) is 10.5. The number of hydrogen-bond donors (Lipinski definition) is 2. The molecule has 80 valence electrons. The van der Waals surface area contributed by atoms with Gasteiger partial charge in [-0.05, 0) is 36.4 Å². The van der Waals surface area contributed by atoms with Crippen LogP contribution >= 0.6 is 11.9 Å². The van der Waals surface area contributed by atoms with E-state index in [0.717, 1.165) is 4.90 Å². The van der Waals surface area contributed by atoms with Gasteiger partial charge < -0.3 is 4.72 Å². The highest BCUT2D eigenvalue weighted by Gasteiger charge is 2.17. The molecule has 15 heavy (non-hydrogen) atoms. The molecule has 2 heterocycles. The normalized spacial score (nSPS) is 18.1. The lowest BCUT2D eigenvalue weighted by Crippen LogP contribution is -2.34. The zero-order valence-electron chi connectivity index (χ0n) is 8.01. The summed E-state index contributed by atoms with van der Waals surface area (Å²) in [6.45, 7) is 1.64. The second-order valence-electron chi connectivity index (χ2n) is 2.83. The molecule has 7 heteroatoms. The van der Waals surface area contributed by atoms with Crippen LogP contribution in [0.4, 0.5) is 5.82 Å². The maximum absolute atomic E-state index is 11.8. The van der Waals surface area contributed by atoms with Gasteiger partial charge in [-0.15, -0.1) is 0 Å². The smallest absolute Gasteiger partial charge is 0.210 e. The van der Waals surface area contributed by atoms with Gasteiger partial charge in [0.1, 0.15) is 0 Å². The van der Waals surface area contributed by atoms with Crippen molar-refractivity contribution >= 4 is 38.0 Å². The number of amidine groups is 1. The summed E-state index contributed by atoms with van der Waals surface area (Å²) in [5.74, 6) is 0.552. The standard InChI is InChI=1S/C8H10N4OS2/c1-2-15(9,13)8-11-7-6(14-12-8)4-3-5-10-7/h2-5H,1H3,(H2,9,13)(H,10,11,12). The van der Waals surface area contributed by atoms with Crippen LogP contribution in [0.5, 0.6) is 0 Å². The van der Waals surface area contributed by atoms with Gasteiger partial charge in [-0.3, -0.25) is 5.14 Å². The number of aromatic nitrogens is 1. The van der Waals surface area contributed by atoms with Crippen molar-refractivity contribution in [1.29, 1.82) is 0 Å². The van der Waals surface area contributed by atoms with Crippen molar-refractivity contribution in [2.45, 2.75) is 11.8 Å². The molecule has 0 aromatic carbocycles. The highest BCUT2D eigenvalue weighted by molar-refractivity contribution is 8.14. The minimum Gasteiger partial charge on any atom is -0.302 e. The zero-order chi connectivity index (χ0) is 10.9. The number of nitrogens with zero attached hydrogens (tertiary/aromatic N) is 2. The topological polar surface area (TPSA) is 80.4 Å². The molecular formula is C8H10N4OS2. The van der Waals surface area contributed by atoms with Crippen LogP contribution in [0.1, 0.15) is 6.92 Å². The summed E-state index contributed by atoms with van der Waals surface area (Å²) in [6, 6.07) is 3.70. The zero-order valence-corrected chi connectivity index (χ0v) is 9.64. The Bertz CT molecular complexity index is 531. The van der Waals surface area contributed by atoms with E-state index in [1.807, 2.05) is 12.1 Å². The van der Waals surface area contributed by atoms with Crippen LogP contribution in [-0.2, 0) is 9.71 Å². The van der Waals surface area contributed by atoms with Crippen LogP contribution in [0, 0.1) is 0 Å². The van der Waals surface area contributed by atoms with Gasteiger partial charge in [-0.2, -0.15) is 0 Å². The molecule has 1 aliphatic rings. The number of rotatable bonds is 0. The molecule has 0 fully saturated rings. The number of nitrogens with one attached hydrogen (secondary N) is 1. The van der Waals surface area contributed by atoms with E-state index in [0.29, 0.717) is 5.82 Å². The monoisotopic (exact) mass is 242 g/mol. The van der Waals surface area contributed by atoms with Gasteiger partial charge in [0.25, 0.3) is 0 Å². The second kappa shape index (κ2) is 3.84. The first-order valence-corrected chi connectivity index (χ1v) is 6.71. The number of pyridine rings is 1. The van der Waals surface area contributed by atoms with E-state index in [1.54, 1.807) is 13.1 Å². The molecular weight excluding hydrogens is 232 g/mol. The van der Waals surface area contributed by atoms with Gasteiger partial charge in [0.15, 0.2) is 5.82 Å². The largest absolute Gasteiger partial charge is 0.302 e. The summed E-state index contributed by atoms with van der Waals surface area (Å²) in [7, 11) is -2.66. The van der Waals surface area contributed by atoms with Gasteiger partial charge in [0.05, 0.1) is 14.6 Å². The Balaban J connectivity index is 2.51. The van der Waals surface area contributed by atoms with Gasteiger partial charge in [0, 0.05) is 6.20 Å². The predicted octanol–water partition coefficient (Wildman–Crippen LogP) is 0.660. The van der Waals surface area contributed by atoms with Crippen molar-refractivity contribution in [1.82, 2.24) is 9.71 Å². The van der Waals surface area contributed by atoms with Gasteiger partial charge >= 0.3 is 0 Å². The molecule has 1 aliphatic heterocycles. The van der Waals surface area contributed by atoms with Crippen LogP contribution in [0.3, 0.4) is 0 Å². The molecule has 1 aromatic heterocycles. The number of aliphatic imine (C=N–C) groups is 1. The maximum atomic E-state index is 11.8. The van der Waals surface area contributed by atoms with Gasteiger partial charge in [0.2, 0.25) is 5.17 Å². The average molecular weight is 242 g/mol. The third-order valence-electron chi connectivity index (χ3n) is 1.86. The summed E-state index contributed by atoms with van der Waals surface area (Å²) in [5.41, 5.74) is 0. The molecule has 1 unspecified atom stereocenters. The molecule has 0 aliphatic carbocycles. The first-order valence-electron chi connectivity index (χ1n) is 4.21. The molecule has 0 amide bonds. The van der Waals surface area contributed by atoms with Crippen LogP contribution in [0.25, 0.3) is 0 Å². The SMILES string of the molecule is CC=S(N)(=O)C1=Nc2ncccc2SN1. The Kier molecular flexibility index (Phi) is 2.68. The molecule has 0 saturated carbocycles. The Morgan fingerprint density at radius 2 is 2.47 bits per heavy atom. The lowest BCUT2D eigenvalue weighted by atomic mass is 10.5. The molecule has 0 saturated heterocycles. The molecule has 0 spiro atoms. The molecule has 1 atom stereocenters. The van der Waals surface area contributed by atoms with E-state index < -0.39 is 9.71 Å². The van der Waals surface area contributed by atoms with Crippen LogP contribution in [-0.4, -0.2) is 19.7 Å². The van der Waals surface area contributed by atoms with Crippen molar-refractivity contribution in [3.05, 3.63) is 18.3 Å². The molecule has 5 nitrogen and oxygen atoms in total. The third-order valence-corrected chi connectivity index (χ3v) is 4.32. The van der Waals surface area contributed by atoms with E-state index in [2.05, 4.69) is 14.7 Å². The Morgan fingerprint density at radius 3 is 3.20 bits per heavy atom. The summed E-state index contributed by atoms with van der Waals surface area (Å²) < 4.78 is 14.7. The molecule has 0 radical (unpaired) electrons. The predicted molar refractivity (Wildman–Crippen MR) is 64.4 cm³/mol. The summed E-state index contributed by atoms with van der Waals surface area (Å²) >= 11 is 1.32. The van der Waals surface area contributed by atoms with Crippen molar-refractivity contribution in [3.63, 3.8) is 0 Å². The average Bonchev–Trinajstić information content (AvgIpc) is 2.28. The van der Waals surface area contributed by atoms with Crippen LogP contribution < -0.4 is 9.86 Å². The minimum absolute atomic E-state index is 0.265. The maximum Gasteiger partial charge on any atom is 0.210 e. The molecule has 1 aromatic rings. The first-order chi connectivity index (χ1) is 7.13. The fraction of sp³-hybridized carbons (Fsp3) is 0.125. The van der Waals surface area contributed by atoms with Crippen molar-refractivity contribution in [3.8, 4) is 0 Å². The Hall–Kier alpha value is -1.05.